The van der Waals surface area contributed by atoms with Crippen molar-refractivity contribution in [3.63, 3.8) is 0 Å². The quantitative estimate of drug-likeness (QED) is 0.486. The first-order valence-corrected chi connectivity index (χ1v) is 3.71. The minimum atomic E-state index is -1.02. The zero-order valence-corrected chi connectivity index (χ0v) is 6.92. The highest BCUT2D eigenvalue weighted by Crippen LogP contribution is 2.10. The van der Waals surface area contributed by atoms with Crippen LogP contribution in [0.1, 0.15) is 33.1 Å². The molecule has 0 bridgehead atoms. The Hall–Kier alpha value is -0.990. The monoisotopic (exact) mass is 158 g/mol. The molecule has 64 valence electrons. The Morgan fingerprint density at radius 1 is 1.36 bits per heavy atom. The van der Waals surface area contributed by atoms with E-state index in [-0.39, 0.29) is 11.3 Å². The molecule has 0 aromatic carbocycles. The van der Waals surface area contributed by atoms with E-state index < -0.39 is 5.97 Å². The van der Waals surface area contributed by atoms with Crippen LogP contribution in [-0.2, 0) is 4.79 Å². The van der Waals surface area contributed by atoms with E-state index in [1.807, 2.05) is 6.92 Å². The Kier molecular flexibility index (Phi) is 4.34. The summed E-state index contributed by atoms with van der Waals surface area (Å²) in [5.74, 6) is -1.09. The van der Waals surface area contributed by atoms with Gasteiger partial charge in [-0.3, -0.25) is 0 Å². The van der Waals surface area contributed by atoms with Gasteiger partial charge in [-0.05, 0) is 19.8 Å². The predicted octanol–water partition coefficient (Wildman–Crippen LogP) is 2.09. The van der Waals surface area contributed by atoms with E-state index in [0.717, 1.165) is 12.8 Å². The van der Waals surface area contributed by atoms with Crippen LogP contribution in [0.2, 0.25) is 0 Å². The van der Waals surface area contributed by atoms with Gasteiger partial charge < -0.3 is 10.2 Å². The fraction of sp³-hybridized carbons (Fsp3) is 0.625. The molecule has 0 rings (SSSR count). The highest BCUT2D eigenvalue weighted by atomic mass is 16.4. The maximum absolute atomic E-state index is 10.4. The van der Waals surface area contributed by atoms with E-state index in [0.29, 0.717) is 6.42 Å². The van der Waals surface area contributed by atoms with E-state index in [1.165, 1.54) is 6.92 Å². The number of carboxylic acid groups (broad SMARTS) is 1. The molecule has 2 N–H and O–H groups in total. The molecule has 3 nitrogen and oxygen atoms in total. The van der Waals surface area contributed by atoms with Gasteiger partial charge in [0.25, 0.3) is 0 Å². The molecular formula is C8H14O3. The molecule has 0 saturated heterocycles. The Bertz CT molecular complexity index is 166. The Balaban J connectivity index is 4.14. The summed E-state index contributed by atoms with van der Waals surface area (Å²) in [6, 6.07) is 0. The minimum absolute atomic E-state index is 0.0778. The summed E-state index contributed by atoms with van der Waals surface area (Å²) in [5.41, 5.74) is 0.131. The standard InChI is InChI=1S/C8H14O3/c1-3-4-5-7(6(2)9)8(10)11/h9H,3-5H2,1-2H3,(H,10,11). The van der Waals surface area contributed by atoms with Crippen LogP contribution in [0.25, 0.3) is 0 Å². The molecule has 0 amide bonds. The van der Waals surface area contributed by atoms with Gasteiger partial charge in [0.1, 0.15) is 0 Å². The van der Waals surface area contributed by atoms with Crippen molar-refractivity contribution in [2.75, 3.05) is 0 Å². The molecule has 0 saturated carbocycles. The van der Waals surface area contributed by atoms with Crippen LogP contribution in [0.4, 0.5) is 0 Å². The zero-order valence-electron chi connectivity index (χ0n) is 6.92. The molecule has 0 heterocycles. The van der Waals surface area contributed by atoms with Gasteiger partial charge in [-0.1, -0.05) is 13.3 Å². The summed E-state index contributed by atoms with van der Waals surface area (Å²) >= 11 is 0. The summed E-state index contributed by atoms with van der Waals surface area (Å²) < 4.78 is 0. The first-order chi connectivity index (χ1) is 5.09. The van der Waals surface area contributed by atoms with Gasteiger partial charge in [-0.25, -0.2) is 4.79 Å². The van der Waals surface area contributed by atoms with Gasteiger partial charge in [0.2, 0.25) is 0 Å². The largest absolute Gasteiger partial charge is 0.512 e. The molecule has 0 aromatic heterocycles. The fourth-order valence-electron chi connectivity index (χ4n) is 0.796. The van der Waals surface area contributed by atoms with Crippen LogP contribution in [0, 0.1) is 0 Å². The molecule has 0 unspecified atom stereocenters. The van der Waals surface area contributed by atoms with E-state index in [9.17, 15) is 4.79 Å². The normalized spacial score (nSPS) is 12.5. The lowest BCUT2D eigenvalue weighted by Gasteiger charge is -2.01. The smallest absolute Gasteiger partial charge is 0.334 e. The second kappa shape index (κ2) is 4.77. The van der Waals surface area contributed by atoms with Crippen LogP contribution in [-0.4, -0.2) is 16.2 Å². The van der Waals surface area contributed by atoms with Crippen LogP contribution < -0.4 is 0 Å². The molecule has 0 radical (unpaired) electrons. The zero-order chi connectivity index (χ0) is 8.85. The summed E-state index contributed by atoms with van der Waals surface area (Å²) in [4.78, 5) is 10.4. The molecule has 0 atom stereocenters. The summed E-state index contributed by atoms with van der Waals surface area (Å²) in [6.45, 7) is 3.38. The maximum Gasteiger partial charge on any atom is 0.334 e. The van der Waals surface area contributed by atoms with Gasteiger partial charge in [0.05, 0.1) is 11.3 Å². The highest BCUT2D eigenvalue weighted by molar-refractivity contribution is 5.86. The SMILES string of the molecule is CCCCC(C(=O)O)=C(C)O. The first-order valence-electron chi connectivity index (χ1n) is 3.71. The van der Waals surface area contributed by atoms with Crippen molar-refractivity contribution in [1.82, 2.24) is 0 Å². The Morgan fingerprint density at radius 2 is 1.91 bits per heavy atom. The molecule has 3 heteroatoms. The van der Waals surface area contributed by atoms with E-state index >= 15 is 0 Å². The number of hydrogen-bond donors (Lipinski definition) is 2. The second-order valence-electron chi connectivity index (χ2n) is 2.47. The number of allylic oxidation sites excluding steroid dienone is 1. The number of unbranched alkanes of at least 4 members (excludes halogenated alkanes) is 1. The predicted molar refractivity (Wildman–Crippen MR) is 42.5 cm³/mol. The number of aliphatic hydroxyl groups excluding tert-OH is 1. The summed E-state index contributed by atoms with van der Waals surface area (Å²) in [7, 11) is 0. The molecule has 0 aliphatic heterocycles. The van der Waals surface area contributed by atoms with Crippen LogP contribution >= 0.6 is 0 Å². The third-order valence-electron chi connectivity index (χ3n) is 1.48. The lowest BCUT2D eigenvalue weighted by Crippen LogP contribution is -2.03. The number of aliphatic hydroxyl groups is 1. The average Bonchev–Trinajstić information content (AvgIpc) is 1.87. The molecule has 0 aliphatic rings. The van der Waals surface area contributed by atoms with Crippen molar-refractivity contribution >= 4 is 5.97 Å². The van der Waals surface area contributed by atoms with E-state index in [1.54, 1.807) is 0 Å². The Labute approximate surface area is 66.4 Å². The Morgan fingerprint density at radius 3 is 2.18 bits per heavy atom. The van der Waals surface area contributed by atoms with Crippen molar-refractivity contribution in [2.45, 2.75) is 33.1 Å². The number of carboxylic acids is 1. The molecule has 0 aromatic rings. The molecule has 0 fully saturated rings. The minimum Gasteiger partial charge on any atom is -0.512 e. The highest BCUT2D eigenvalue weighted by Gasteiger charge is 2.09. The van der Waals surface area contributed by atoms with Crippen LogP contribution in [0.3, 0.4) is 0 Å². The number of aliphatic carboxylic acids is 1. The van der Waals surface area contributed by atoms with Gasteiger partial charge in [0.15, 0.2) is 0 Å². The molecule has 11 heavy (non-hydrogen) atoms. The lowest BCUT2D eigenvalue weighted by molar-refractivity contribution is -0.133. The maximum atomic E-state index is 10.4. The van der Waals surface area contributed by atoms with Gasteiger partial charge >= 0.3 is 5.97 Å². The van der Waals surface area contributed by atoms with Crippen molar-refractivity contribution in [3.05, 3.63) is 11.3 Å². The molecular weight excluding hydrogens is 144 g/mol. The number of carbonyl (C=O) groups is 1. The lowest BCUT2D eigenvalue weighted by atomic mass is 10.1. The van der Waals surface area contributed by atoms with Crippen molar-refractivity contribution in [2.24, 2.45) is 0 Å². The number of rotatable bonds is 4. The third-order valence-corrected chi connectivity index (χ3v) is 1.48. The van der Waals surface area contributed by atoms with E-state index in [2.05, 4.69) is 0 Å². The van der Waals surface area contributed by atoms with Crippen LogP contribution in [0.15, 0.2) is 11.3 Å². The molecule has 0 spiro atoms. The van der Waals surface area contributed by atoms with E-state index in [4.69, 9.17) is 10.2 Å². The van der Waals surface area contributed by atoms with Crippen molar-refractivity contribution < 1.29 is 15.0 Å². The van der Waals surface area contributed by atoms with Gasteiger partial charge in [0, 0.05) is 0 Å². The summed E-state index contributed by atoms with van der Waals surface area (Å²) in [6.07, 6.45) is 2.19. The topological polar surface area (TPSA) is 57.5 Å². The first kappa shape index (κ1) is 10.0. The van der Waals surface area contributed by atoms with Crippen LogP contribution in [0.5, 0.6) is 0 Å². The molecule has 0 aliphatic carbocycles. The summed E-state index contributed by atoms with van der Waals surface area (Å²) in [5, 5.41) is 17.5. The van der Waals surface area contributed by atoms with Crippen molar-refractivity contribution in [3.8, 4) is 0 Å². The van der Waals surface area contributed by atoms with Crippen molar-refractivity contribution in [1.29, 1.82) is 0 Å². The number of hydrogen-bond acceptors (Lipinski definition) is 2. The average molecular weight is 158 g/mol. The fourth-order valence-corrected chi connectivity index (χ4v) is 0.796. The van der Waals surface area contributed by atoms with Gasteiger partial charge in [-0.2, -0.15) is 0 Å². The third kappa shape index (κ3) is 3.65. The van der Waals surface area contributed by atoms with Gasteiger partial charge in [-0.15, -0.1) is 0 Å². The second-order valence-corrected chi connectivity index (χ2v) is 2.47.